The minimum atomic E-state index is -3.03. The summed E-state index contributed by atoms with van der Waals surface area (Å²) < 4.78 is 26.3. The van der Waals surface area contributed by atoms with Crippen LogP contribution < -0.4 is 5.32 Å². The van der Waals surface area contributed by atoms with E-state index in [9.17, 15) is 8.42 Å². The van der Waals surface area contributed by atoms with Crippen LogP contribution in [0, 0.1) is 6.92 Å². The summed E-state index contributed by atoms with van der Waals surface area (Å²) in [5.41, 5.74) is 2.18. The molecule has 2 heterocycles. The maximum atomic E-state index is 11.4. The number of aryl methyl sites for hydroxylation is 2. The van der Waals surface area contributed by atoms with Gasteiger partial charge in [0.1, 0.15) is 0 Å². The number of hydrogen-bond acceptors (Lipinski definition) is 4. The lowest BCUT2D eigenvalue weighted by Crippen LogP contribution is -2.44. The highest BCUT2D eigenvalue weighted by molar-refractivity contribution is 7.88. The van der Waals surface area contributed by atoms with Crippen molar-refractivity contribution >= 4 is 10.0 Å². The lowest BCUT2D eigenvalue weighted by Gasteiger charge is -2.30. The Morgan fingerprint density at radius 3 is 2.53 bits per heavy atom. The average Bonchev–Trinajstić information content (AvgIpc) is 2.65. The molecule has 1 saturated heterocycles. The van der Waals surface area contributed by atoms with Crippen molar-refractivity contribution in [3.63, 3.8) is 0 Å². The number of sulfonamides is 1. The van der Waals surface area contributed by atoms with E-state index in [-0.39, 0.29) is 0 Å². The normalized spacial score (nSPS) is 18.9. The van der Waals surface area contributed by atoms with Crippen LogP contribution in [0.25, 0.3) is 0 Å². The zero-order valence-electron chi connectivity index (χ0n) is 11.8. The Labute approximate surface area is 114 Å². The monoisotopic (exact) mass is 286 g/mol. The van der Waals surface area contributed by atoms with Crippen LogP contribution in [0.5, 0.6) is 0 Å². The van der Waals surface area contributed by atoms with E-state index in [2.05, 4.69) is 16.5 Å². The van der Waals surface area contributed by atoms with E-state index >= 15 is 0 Å². The van der Waals surface area contributed by atoms with Gasteiger partial charge in [-0.05, 0) is 25.8 Å². The molecule has 6 nitrogen and oxygen atoms in total. The Kier molecular flexibility index (Phi) is 4.27. The molecular formula is C12H22N4O2S. The number of nitrogens with zero attached hydrogens (tertiary/aromatic N) is 3. The van der Waals surface area contributed by atoms with Crippen molar-refractivity contribution in [1.82, 2.24) is 19.4 Å². The molecule has 19 heavy (non-hydrogen) atoms. The van der Waals surface area contributed by atoms with Crippen molar-refractivity contribution in [2.24, 2.45) is 7.05 Å². The second kappa shape index (κ2) is 5.60. The van der Waals surface area contributed by atoms with E-state index in [4.69, 9.17) is 0 Å². The quantitative estimate of drug-likeness (QED) is 0.861. The van der Waals surface area contributed by atoms with Crippen LogP contribution in [-0.4, -0.2) is 47.9 Å². The lowest BCUT2D eigenvalue weighted by atomic mass is 10.1. The Morgan fingerprint density at radius 1 is 1.42 bits per heavy atom. The van der Waals surface area contributed by atoms with E-state index in [1.807, 2.05) is 18.7 Å². The Balaban J connectivity index is 1.82. The highest BCUT2D eigenvalue weighted by Gasteiger charge is 2.24. The van der Waals surface area contributed by atoms with Crippen molar-refractivity contribution in [1.29, 1.82) is 0 Å². The van der Waals surface area contributed by atoms with Gasteiger partial charge in [-0.3, -0.25) is 4.68 Å². The van der Waals surface area contributed by atoms with Crippen LogP contribution >= 0.6 is 0 Å². The molecule has 0 amide bonds. The summed E-state index contributed by atoms with van der Waals surface area (Å²) in [6.07, 6.45) is 3.01. The molecule has 0 aromatic carbocycles. The van der Waals surface area contributed by atoms with Gasteiger partial charge in [-0.2, -0.15) is 5.10 Å². The predicted octanol–water partition coefficient (Wildman–Crippen LogP) is 0.242. The van der Waals surface area contributed by atoms with Gasteiger partial charge >= 0.3 is 0 Å². The summed E-state index contributed by atoms with van der Waals surface area (Å²) in [4.78, 5) is 0. The Hall–Kier alpha value is -0.920. The topological polar surface area (TPSA) is 67.2 Å². The summed E-state index contributed by atoms with van der Waals surface area (Å²) in [6.45, 7) is 3.98. The molecule has 0 bridgehead atoms. The van der Waals surface area contributed by atoms with Crippen LogP contribution in [0.15, 0.2) is 6.07 Å². The minimum absolute atomic E-state index is 0.383. The first-order valence-electron chi connectivity index (χ1n) is 6.54. The van der Waals surface area contributed by atoms with E-state index in [1.165, 1.54) is 6.26 Å². The first-order chi connectivity index (χ1) is 8.86. The van der Waals surface area contributed by atoms with Gasteiger partial charge in [0.25, 0.3) is 0 Å². The highest BCUT2D eigenvalue weighted by Crippen LogP contribution is 2.13. The zero-order valence-corrected chi connectivity index (χ0v) is 12.6. The zero-order chi connectivity index (χ0) is 14.0. The maximum Gasteiger partial charge on any atom is 0.211 e. The minimum Gasteiger partial charge on any atom is -0.308 e. The summed E-state index contributed by atoms with van der Waals surface area (Å²) in [7, 11) is -1.09. The highest BCUT2D eigenvalue weighted by atomic mass is 32.2. The number of nitrogens with one attached hydrogen (secondary N) is 1. The molecule has 1 aliphatic rings. The predicted molar refractivity (Wildman–Crippen MR) is 74.2 cm³/mol. The summed E-state index contributed by atoms with van der Waals surface area (Å²) in [5, 5.41) is 7.79. The van der Waals surface area contributed by atoms with E-state index < -0.39 is 10.0 Å². The second-order valence-corrected chi connectivity index (χ2v) is 7.20. The van der Waals surface area contributed by atoms with Gasteiger partial charge in [0.2, 0.25) is 10.0 Å². The van der Waals surface area contributed by atoms with Gasteiger partial charge in [-0.15, -0.1) is 0 Å². The van der Waals surface area contributed by atoms with E-state index in [1.54, 1.807) is 4.31 Å². The molecule has 0 unspecified atom stereocenters. The van der Waals surface area contributed by atoms with Crippen molar-refractivity contribution in [3.8, 4) is 0 Å². The Morgan fingerprint density at radius 2 is 2.05 bits per heavy atom. The molecule has 2 rings (SSSR count). The van der Waals surface area contributed by atoms with Crippen molar-refractivity contribution in [2.45, 2.75) is 32.4 Å². The number of piperidine rings is 1. The molecule has 1 aliphatic heterocycles. The van der Waals surface area contributed by atoms with Gasteiger partial charge in [0.15, 0.2) is 0 Å². The molecule has 1 fully saturated rings. The van der Waals surface area contributed by atoms with Crippen molar-refractivity contribution in [3.05, 3.63) is 17.5 Å². The van der Waals surface area contributed by atoms with Crippen LogP contribution in [-0.2, 0) is 23.6 Å². The largest absolute Gasteiger partial charge is 0.308 e. The standard InChI is InChI=1S/C12H22N4O2S/c1-10-8-12(15(2)14-10)9-13-11-4-6-16(7-5-11)19(3,17)18/h8,11,13H,4-7,9H2,1-3H3. The van der Waals surface area contributed by atoms with Gasteiger partial charge < -0.3 is 5.32 Å². The van der Waals surface area contributed by atoms with Gasteiger partial charge in [0, 0.05) is 32.7 Å². The fourth-order valence-electron chi connectivity index (χ4n) is 2.47. The molecule has 0 atom stereocenters. The fraction of sp³-hybridized carbons (Fsp3) is 0.750. The van der Waals surface area contributed by atoms with Crippen molar-refractivity contribution in [2.75, 3.05) is 19.3 Å². The second-order valence-electron chi connectivity index (χ2n) is 5.22. The lowest BCUT2D eigenvalue weighted by molar-refractivity contribution is 0.288. The number of hydrogen-bond donors (Lipinski definition) is 1. The average molecular weight is 286 g/mol. The van der Waals surface area contributed by atoms with Crippen LogP contribution in [0.3, 0.4) is 0 Å². The number of rotatable bonds is 4. The molecule has 0 spiro atoms. The molecule has 0 aliphatic carbocycles. The SMILES string of the molecule is Cc1cc(CNC2CCN(S(C)(=O)=O)CC2)n(C)n1. The molecular weight excluding hydrogens is 264 g/mol. The molecule has 1 N–H and O–H groups in total. The van der Waals surface area contributed by atoms with Gasteiger partial charge in [-0.25, -0.2) is 12.7 Å². The van der Waals surface area contributed by atoms with Gasteiger partial charge in [-0.1, -0.05) is 0 Å². The molecule has 1 aromatic rings. The fourth-order valence-corrected chi connectivity index (χ4v) is 3.34. The molecule has 0 saturated carbocycles. The third-order valence-corrected chi connectivity index (χ3v) is 4.90. The van der Waals surface area contributed by atoms with Gasteiger partial charge in [0.05, 0.1) is 17.6 Å². The molecule has 0 radical (unpaired) electrons. The van der Waals surface area contributed by atoms with E-state index in [0.29, 0.717) is 19.1 Å². The van der Waals surface area contributed by atoms with Crippen molar-refractivity contribution < 1.29 is 8.42 Å². The van der Waals surface area contributed by atoms with Crippen LogP contribution in [0.2, 0.25) is 0 Å². The van der Waals surface area contributed by atoms with Crippen LogP contribution in [0.4, 0.5) is 0 Å². The first-order valence-corrected chi connectivity index (χ1v) is 8.39. The molecule has 108 valence electrons. The first kappa shape index (κ1) is 14.5. The summed E-state index contributed by atoms with van der Waals surface area (Å²) in [5.74, 6) is 0. The smallest absolute Gasteiger partial charge is 0.211 e. The molecule has 1 aromatic heterocycles. The maximum absolute atomic E-state index is 11.4. The third kappa shape index (κ3) is 3.77. The molecule has 7 heteroatoms. The summed E-state index contributed by atoms with van der Waals surface area (Å²) >= 11 is 0. The Bertz CT molecular complexity index is 530. The van der Waals surface area contributed by atoms with Crippen LogP contribution in [0.1, 0.15) is 24.2 Å². The number of aromatic nitrogens is 2. The third-order valence-electron chi connectivity index (χ3n) is 3.59. The van der Waals surface area contributed by atoms with E-state index in [0.717, 1.165) is 30.8 Å². The summed E-state index contributed by atoms with van der Waals surface area (Å²) in [6, 6.07) is 2.45.